The van der Waals surface area contributed by atoms with Gasteiger partial charge in [-0.2, -0.15) is 0 Å². The van der Waals surface area contributed by atoms with E-state index in [1.807, 2.05) is 0 Å². The highest BCUT2D eigenvalue weighted by Gasteiger charge is 2.35. The molecule has 20 heavy (non-hydrogen) atoms. The molecule has 1 fully saturated rings. The van der Waals surface area contributed by atoms with Crippen LogP contribution in [0.2, 0.25) is 0 Å². The molecule has 0 spiro atoms. The maximum Gasteiger partial charge on any atom is 0.256 e. The Labute approximate surface area is 118 Å². The Kier molecular flexibility index (Phi) is 4.77. The van der Waals surface area contributed by atoms with E-state index in [1.165, 1.54) is 0 Å². The number of carbonyl (C=O) groups is 1. The Morgan fingerprint density at radius 1 is 1.45 bits per heavy atom. The maximum absolute atomic E-state index is 12.2. The predicted molar refractivity (Wildman–Crippen MR) is 72.5 cm³/mol. The molecule has 1 aliphatic rings. The van der Waals surface area contributed by atoms with Gasteiger partial charge in [0.15, 0.2) is 0 Å². The van der Waals surface area contributed by atoms with Crippen LogP contribution in [0.1, 0.15) is 47.5 Å². The summed E-state index contributed by atoms with van der Waals surface area (Å²) >= 11 is 0. The SMILES string of the molecule is Cc1noc(C)c1C(=O)NCC1(OCCO)CCCC1. The standard InChI is InChI=1S/C14H22N2O4/c1-10-12(11(2)20-16-10)13(18)15-9-14(19-8-7-17)5-3-4-6-14/h17H,3-9H2,1-2H3,(H,15,18). The number of hydrogen-bond acceptors (Lipinski definition) is 5. The second-order valence-corrected chi connectivity index (χ2v) is 5.34. The van der Waals surface area contributed by atoms with Crippen molar-refractivity contribution in [3.63, 3.8) is 0 Å². The van der Waals surface area contributed by atoms with Gasteiger partial charge in [0.1, 0.15) is 11.3 Å². The van der Waals surface area contributed by atoms with Crippen molar-refractivity contribution in [2.24, 2.45) is 0 Å². The fraction of sp³-hybridized carbons (Fsp3) is 0.714. The molecule has 0 saturated heterocycles. The fourth-order valence-corrected chi connectivity index (χ4v) is 2.79. The van der Waals surface area contributed by atoms with Gasteiger partial charge in [-0.1, -0.05) is 18.0 Å². The lowest BCUT2D eigenvalue weighted by Gasteiger charge is -2.29. The number of aromatic nitrogens is 1. The van der Waals surface area contributed by atoms with E-state index < -0.39 is 0 Å². The average Bonchev–Trinajstić information content (AvgIpc) is 3.02. The molecule has 6 heteroatoms. The maximum atomic E-state index is 12.2. The minimum atomic E-state index is -0.336. The third-order valence-corrected chi connectivity index (χ3v) is 3.85. The van der Waals surface area contributed by atoms with E-state index in [0.717, 1.165) is 25.7 Å². The summed E-state index contributed by atoms with van der Waals surface area (Å²) in [6.45, 7) is 4.23. The van der Waals surface area contributed by atoms with Crippen LogP contribution in [0.25, 0.3) is 0 Å². The van der Waals surface area contributed by atoms with Gasteiger partial charge in [0.05, 0.1) is 24.5 Å². The van der Waals surface area contributed by atoms with E-state index in [0.29, 0.717) is 30.2 Å². The van der Waals surface area contributed by atoms with Gasteiger partial charge in [-0.25, -0.2) is 0 Å². The number of ether oxygens (including phenoxy) is 1. The first-order valence-corrected chi connectivity index (χ1v) is 7.04. The highest BCUT2D eigenvalue weighted by Crippen LogP contribution is 2.32. The zero-order valence-electron chi connectivity index (χ0n) is 12.1. The second kappa shape index (κ2) is 6.37. The van der Waals surface area contributed by atoms with E-state index in [9.17, 15) is 4.79 Å². The summed E-state index contributed by atoms with van der Waals surface area (Å²) in [7, 11) is 0. The van der Waals surface area contributed by atoms with Crippen molar-refractivity contribution >= 4 is 5.91 Å². The zero-order valence-corrected chi connectivity index (χ0v) is 12.1. The van der Waals surface area contributed by atoms with Crippen molar-refractivity contribution in [3.05, 3.63) is 17.0 Å². The van der Waals surface area contributed by atoms with Crippen molar-refractivity contribution < 1.29 is 19.2 Å². The number of nitrogens with one attached hydrogen (secondary N) is 1. The number of nitrogens with zero attached hydrogens (tertiary/aromatic N) is 1. The molecule has 1 aromatic heterocycles. The molecule has 112 valence electrons. The van der Waals surface area contributed by atoms with Gasteiger partial charge < -0.3 is 19.7 Å². The molecule has 1 aliphatic carbocycles. The minimum absolute atomic E-state index is 0.000433. The molecular weight excluding hydrogens is 260 g/mol. The van der Waals surface area contributed by atoms with E-state index in [1.54, 1.807) is 13.8 Å². The summed E-state index contributed by atoms with van der Waals surface area (Å²) in [5.74, 6) is 0.344. The van der Waals surface area contributed by atoms with Crippen LogP contribution >= 0.6 is 0 Å². The third kappa shape index (κ3) is 3.19. The molecular formula is C14H22N2O4. The quantitative estimate of drug-likeness (QED) is 0.822. The Balaban J connectivity index is 1.97. The number of rotatable bonds is 6. The van der Waals surface area contributed by atoms with Crippen LogP contribution in [0.4, 0.5) is 0 Å². The van der Waals surface area contributed by atoms with Gasteiger partial charge >= 0.3 is 0 Å². The van der Waals surface area contributed by atoms with E-state index >= 15 is 0 Å². The third-order valence-electron chi connectivity index (χ3n) is 3.85. The summed E-state index contributed by atoms with van der Waals surface area (Å²) in [6, 6.07) is 0. The summed E-state index contributed by atoms with van der Waals surface area (Å²) in [4.78, 5) is 12.2. The summed E-state index contributed by atoms with van der Waals surface area (Å²) in [6.07, 6.45) is 4.00. The Hall–Kier alpha value is -1.40. The zero-order chi connectivity index (χ0) is 14.6. The molecule has 0 bridgehead atoms. The van der Waals surface area contributed by atoms with E-state index in [-0.39, 0.29) is 18.1 Å². The number of amides is 1. The average molecular weight is 282 g/mol. The van der Waals surface area contributed by atoms with Crippen LogP contribution in [0.5, 0.6) is 0 Å². The first kappa shape index (κ1) is 15.0. The summed E-state index contributed by atoms with van der Waals surface area (Å²) in [5, 5.41) is 15.6. The van der Waals surface area contributed by atoms with Crippen LogP contribution < -0.4 is 5.32 Å². The number of aryl methyl sites for hydroxylation is 2. The molecule has 0 aliphatic heterocycles. The van der Waals surface area contributed by atoms with Crippen LogP contribution in [0.15, 0.2) is 4.52 Å². The molecule has 1 aromatic rings. The molecule has 6 nitrogen and oxygen atoms in total. The lowest BCUT2D eigenvalue weighted by atomic mass is 10.0. The number of aliphatic hydroxyl groups is 1. The van der Waals surface area contributed by atoms with Crippen LogP contribution in [-0.2, 0) is 4.74 Å². The van der Waals surface area contributed by atoms with Gasteiger partial charge in [-0.3, -0.25) is 4.79 Å². The van der Waals surface area contributed by atoms with Gasteiger partial charge in [0.25, 0.3) is 5.91 Å². The Bertz CT molecular complexity index is 444. The molecule has 2 N–H and O–H groups in total. The van der Waals surface area contributed by atoms with Gasteiger partial charge in [0.2, 0.25) is 0 Å². The molecule has 1 amide bonds. The lowest BCUT2D eigenvalue weighted by molar-refractivity contribution is -0.0511. The van der Waals surface area contributed by atoms with Crippen LogP contribution in [0, 0.1) is 13.8 Å². The first-order valence-electron chi connectivity index (χ1n) is 7.04. The second-order valence-electron chi connectivity index (χ2n) is 5.34. The normalized spacial score (nSPS) is 17.4. The molecule has 0 radical (unpaired) electrons. The highest BCUT2D eigenvalue weighted by atomic mass is 16.5. The highest BCUT2D eigenvalue weighted by molar-refractivity contribution is 5.96. The summed E-state index contributed by atoms with van der Waals surface area (Å²) < 4.78 is 10.8. The van der Waals surface area contributed by atoms with Crippen molar-refractivity contribution in [1.82, 2.24) is 10.5 Å². The van der Waals surface area contributed by atoms with Crippen LogP contribution in [0.3, 0.4) is 0 Å². The molecule has 1 saturated carbocycles. The van der Waals surface area contributed by atoms with E-state index in [4.69, 9.17) is 14.4 Å². The molecule has 0 unspecified atom stereocenters. The lowest BCUT2D eigenvalue weighted by Crippen LogP contribution is -2.43. The Morgan fingerprint density at radius 2 is 2.15 bits per heavy atom. The predicted octanol–water partition coefficient (Wildman–Crippen LogP) is 1.34. The number of hydrogen-bond donors (Lipinski definition) is 2. The van der Waals surface area contributed by atoms with Gasteiger partial charge in [-0.05, 0) is 26.7 Å². The first-order chi connectivity index (χ1) is 9.58. The smallest absolute Gasteiger partial charge is 0.256 e. The van der Waals surface area contributed by atoms with Crippen molar-refractivity contribution in [3.8, 4) is 0 Å². The van der Waals surface area contributed by atoms with E-state index in [2.05, 4.69) is 10.5 Å². The van der Waals surface area contributed by atoms with Gasteiger partial charge in [0, 0.05) is 6.54 Å². The molecule has 2 rings (SSSR count). The van der Waals surface area contributed by atoms with Crippen molar-refractivity contribution in [2.75, 3.05) is 19.8 Å². The topological polar surface area (TPSA) is 84.6 Å². The van der Waals surface area contributed by atoms with Gasteiger partial charge in [-0.15, -0.1) is 0 Å². The fourth-order valence-electron chi connectivity index (χ4n) is 2.79. The number of aliphatic hydroxyl groups excluding tert-OH is 1. The molecule has 0 aromatic carbocycles. The molecule has 1 heterocycles. The van der Waals surface area contributed by atoms with Crippen molar-refractivity contribution in [2.45, 2.75) is 45.1 Å². The number of carbonyl (C=O) groups excluding carboxylic acids is 1. The Morgan fingerprint density at radius 3 is 2.70 bits per heavy atom. The molecule has 0 atom stereocenters. The monoisotopic (exact) mass is 282 g/mol. The van der Waals surface area contributed by atoms with Crippen LogP contribution in [-0.4, -0.2) is 41.5 Å². The van der Waals surface area contributed by atoms with Crippen molar-refractivity contribution in [1.29, 1.82) is 0 Å². The largest absolute Gasteiger partial charge is 0.394 e. The minimum Gasteiger partial charge on any atom is -0.394 e. The summed E-state index contributed by atoms with van der Waals surface area (Å²) in [5.41, 5.74) is 0.759.